The summed E-state index contributed by atoms with van der Waals surface area (Å²) < 4.78 is 0. The standard InChI is InChI=1S/C27H52O/c1-6-8-10-12-13-14-15-16-17-19-21-23-26(28)24-25(27(3,4)5)22-20-18-11-9-7-2/h25-26,28H,6-19,21,23-24H2,1-5H3/t25-,26+/m1/s1. The van der Waals surface area contributed by atoms with Crippen molar-refractivity contribution >= 4 is 0 Å². The topological polar surface area (TPSA) is 20.2 Å². The number of unbranched alkanes of at least 4 members (excludes halogenated alkanes) is 13. The van der Waals surface area contributed by atoms with E-state index >= 15 is 0 Å². The van der Waals surface area contributed by atoms with Gasteiger partial charge in [0.25, 0.3) is 0 Å². The van der Waals surface area contributed by atoms with Gasteiger partial charge in [0.15, 0.2) is 0 Å². The Kier molecular flexibility index (Phi) is 18.2. The molecule has 0 fully saturated rings. The van der Waals surface area contributed by atoms with Crippen LogP contribution in [0.4, 0.5) is 0 Å². The molecule has 0 aromatic heterocycles. The van der Waals surface area contributed by atoms with E-state index in [1.165, 1.54) is 89.9 Å². The summed E-state index contributed by atoms with van der Waals surface area (Å²) in [5, 5.41) is 10.5. The smallest absolute Gasteiger partial charge is 0.0552 e. The van der Waals surface area contributed by atoms with Crippen molar-refractivity contribution in [3.8, 4) is 11.8 Å². The lowest BCUT2D eigenvalue weighted by molar-refractivity contribution is 0.114. The zero-order valence-electron chi connectivity index (χ0n) is 20.1. The van der Waals surface area contributed by atoms with Crippen LogP contribution in [0.25, 0.3) is 0 Å². The van der Waals surface area contributed by atoms with Crippen molar-refractivity contribution < 1.29 is 5.11 Å². The molecule has 0 bridgehead atoms. The normalized spacial score (nSPS) is 13.8. The molecule has 0 radical (unpaired) electrons. The van der Waals surface area contributed by atoms with Crippen LogP contribution < -0.4 is 0 Å². The van der Waals surface area contributed by atoms with Gasteiger partial charge in [-0.05, 0) is 24.7 Å². The van der Waals surface area contributed by atoms with E-state index in [0.717, 1.165) is 19.3 Å². The summed E-state index contributed by atoms with van der Waals surface area (Å²) in [6.07, 6.45) is 21.3. The fourth-order valence-electron chi connectivity index (χ4n) is 3.72. The first-order chi connectivity index (χ1) is 13.4. The van der Waals surface area contributed by atoms with Crippen molar-refractivity contribution in [1.82, 2.24) is 0 Å². The number of hydrogen-bond donors (Lipinski definition) is 1. The maximum atomic E-state index is 10.5. The van der Waals surface area contributed by atoms with Crippen LogP contribution in [-0.2, 0) is 0 Å². The Morgan fingerprint density at radius 2 is 1.14 bits per heavy atom. The Morgan fingerprint density at radius 3 is 1.64 bits per heavy atom. The van der Waals surface area contributed by atoms with Gasteiger partial charge in [0, 0.05) is 12.3 Å². The first-order valence-electron chi connectivity index (χ1n) is 12.6. The third-order valence-corrected chi connectivity index (χ3v) is 5.88. The molecule has 1 nitrogen and oxygen atoms in total. The van der Waals surface area contributed by atoms with Crippen molar-refractivity contribution in [2.24, 2.45) is 11.3 Å². The van der Waals surface area contributed by atoms with Gasteiger partial charge in [0.1, 0.15) is 0 Å². The van der Waals surface area contributed by atoms with E-state index in [9.17, 15) is 5.11 Å². The first-order valence-corrected chi connectivity index (χ1v) is 12.6. The maximum Gasteiger partial charge on any atom is 0.0552 e. The van der Waals surface area contributed by atoms with Gasteiger partial charge in [0.05, 0.1) is 6.10 Å². The first kappa shape index (κ1) is 27.5. The molecule has 0 aromatic carbocycles. The summed E-state index contributed by atoms with van der Waals surface area (Å²) in [6, 6.07) is 0. The second-order valence-electron chi connectivity index (χ2n) is 9.91. The van der Waals surface area contributed by atoms with E-state index in [4.69, 9.17) is 0 Å². The minimum absolute atomic E-state index is 0.149. The highest BCUT2D eigenvalue weighted by molar-refractivity contribution is 5.07. The average molecular weight is 393 g/mol. The van der Waals surface area contributed by atoms with Gasteiger partial charge in [-0.25, -0.2) is 0 Å². The van der Waals surface area contributed by atoms with Crippen molar-refractivity contribution in [3.05, 3.63) is 0 Å². The van der Waals surface area contributed by atoms with Crippen LogP contribution in [-0.4, -0.2) is 11.2 Å². The molecule has 0 unspecified atom stereocenters. The van der Waals surface area contributed by atoms with Gasteiger partial charge >= 0.3 is 0 Å². The number of rotatable bonds is 17. The molecule has 1 N–H and O–H groups in total. The van der Waals surface area contributed by atoms with Crippen LogP contribution in [0.3, 0.4) is 0 Å². The third-order valence-electron chi connectivity index (χ3n) is 5.88. The van der Waals surface area contributed by atoms with E-state index in [1.807, 2.05) is 0 Å². The quantitative estimate of drug-likeness (QED) is 0.194. The second kappa shape index (κ2) is 18.5. The zero-order valence-corrected chi connectivity index (χ0v) is 20.1. The van der Waals surface area contributed by atoms with Crippen LogP contribution in [0.5, 0.6) is 0 Å². The SMILES string of the molecule is CCCCCC#C[C@H](C[C@@H](O)CCCCCCCCCCCCC)C(C)(C)C. The molecule has 2 atom stereocenters. The Balaban J connectivity index is 3.83. The molecule has 0 amide bonds. The van der Waals surface area contributed by atoms with Gasteiger partial charge in [-0.2, -0.15) is 0 Å². The fraction of sp³-hybridized carbons (Fsp3) is 0.926. The highest BCUT2D eigenvalue weighted by Gasteiger charge is 2.25. The maximum absolute atomic E-state index is 10.5. The van der Waals surface area contributed by atoms with Crippen LogP contribution in [0.2, 0.25) is 0 Å². The summed E-state index contributed by atoms with van der Waals surface area (Å²) in [6.45, 7) is 11.3. The van der Waals surface area contributed by atoms with Crippen molar-refractivity contribution in [1.29, 1.82) is 0 Å². The Morgan fingerprint density at radius 1 is 0.679 bits per heavy atom. The number of hydrogen-bond acceptors (Lipinski definition) is 1. The molecule has 0 aliphatic rings. The largest absolute Gasteiger partial charge is 0.393 e. The summed E-state index contributed by atoms with van der Waals surface area (Å²) in [7, 11) is 0. The molecule has 0 spiro atoms. The third kappa shape index (κ3) is 17.6. The molecule has 0 saturated carbocycles. The van der Waals surface area contributed by atoms with E-state index in [0.29, 0.717) is 5.92 Å². The Hall–Kier alpha value is -0.480. The molecule has 0 aromatic rings. The van der Waals surface area contributed by atoms with Crippen molar-refractivity contribution in [2.75, 3.05) is 0 Å². The van der Waals surface area contributed by atoms with Crippen LogP contribution in [0.15, 0.2) is 0 Å². The monoisotopic (exact) mass is 392 g/mol. The van der Waals surface area contributed by atoms with E-state index < -0.39 is 0 Å². The molecule has 0 heterocycles. The van der Waals surface area contributed by atoms with Crippen LogP contribution in [0.1, 0.15) is 144 Å². The van der Waals surface area contributed by atoms with E-state index in [2.05, 4.69) is 46.5 Å². The molecular weight excluding hydrogens is 340 g/mol. The molecule has 28 heavy (non-hydrogen) atoms. The fourth-order valence-corrected chi connectivity index (χ4v) is 3.72. The highest BCUT2D eigenvalue weighted by atomic mass is 16.3. The van der Waals surface area contributed by atoms with Gasteiger partial charge in [-0.15, -0.1) is 5.92 Å². The summed E-state index contributed by atoms with van der Waals surface area (Å²) >= 11 is 0. The van der Waals surface area contributed by atoms with Gasteiger partial charge in [0.2, 0.25) is 0 Å². The minimum Gasteiger partial charge on any atom is -0.393 e. The average Bonchev–Trinajstić information content (AvgIpc) is 2.64. The van der Waals surface area contributed by atoms with Crippen molar-refractivity contribution in [3.63, 3.8) is 0 Å². The molecule has 0 rings (SSSR count). The molecule has 0 saturated heterocycles. The van der Waals surface area contributed by atoms with E-state index in [-0.39, 0.29) is 11.5 Å². The zero-order chi connectivity index (χ0) is 21.1. The molecular formula is C27H52O. The Labute approximate surface area is 178 Å². The lowest BCUT2D eigenvalue weighted by Crippen LogP contribution is -2.24. The van der Waals surface area contributed by atoms with Crippen LogP contribution >= 0.6 is 0 Å². The lowest BCUT2D eigenvalue weighted by Gasteiger charge is -2.28. The van der Waals surface area contributed by atoms with Gasteiger partial charge < -0.3 is 5.11 Å². The molecule has 0 aliphatic carbocycles. The highest BCUT2D eigenvalue weighted by Crippen LogP contribution is 2.30. The second-order valence-corrected chi connectivity index (χ2v) is 9.91. The molecule has 1 heteroatoms. The van der Waals surface area contributed by atoms with Crippen LogP contribution in [0, 0.1) is 23.2 Å². The molecule has 166 valence electrons. The van der Waals surface area contributed by atoms with Gasteiger partial charge in [-0.3, -0.25) is 0 Å². The number of aliphatic hydroxyl groups is 1. The summed E-state index contributed by atoms with van der Waals surface area (Å²) in [5.41, 5.74) is 0.149. The predicted octanol–water partition coefficient (Wildman–Crippen LogP) is 8.68. The van der Waals surface area contributed by atoms with Gasteiger partial charge in [-0.1, -0.05) is 124 Å². The van der Waals surface area contributed by atoms with E-state index in [1.54, 1.807) is 0 Å². The lowest BCUT2D eigenvalue weighted by atomic mass is 9.77. The number of aliphatic hydroxyl groups excluding tert-OH is 1. The summed E-state index contributed by atoms with van der Waals surface area (Å²) in [5.74, 6) is 7.17. The van der Waals surface area contributed by atoms with Crippen molar-refractivity contribution in [2.45, 2.75) is 150 Å². The molecule has 0 aliphatic heterocycles. The predicted molar refractivity (Wildman–Crippen MR) is 127 cm³/mol. The Bertz CT molecular complexity index is 381. The summed E-state index contributed by atoms with van der Waals surface area (Å²) in [4.78, 5) is 0. The minimum atomic E-state index is -0.187.